The minimum atomic E-state index is -0.458. The zero-order valence-corrected chi connectivity index (χ0v) is 18.3. The molecule has 3 aromatic rings. The zero-order valence-electron chi connectivity index (χ0n) is 18.3. The highest BCUT2D eigenvalue weighted by Crippen LogP contribution is 2.30. The van der Waals surface area contributed by atoms with E-state index >= 15 is 0 Å². The maximum absolute atomic E-state index is 13.5. The van der Waals surface area contributed by atoms with Gasteiger partial charge in [0.2, 0.25) is 0 Å². The number of halogens is 1. The molecule has 6 nitrogen and oxygen atoms in total. The number of carbonyl (C=O) groups excluding carboxylic acids is 2. The number of ether oxygens (including phenoxy) is 1. The van der Waals surface area contributed by atoms with Gasteiger partial charge < -0.3 is 10.1 Å². The van der Waals surface area contributed by atoms with Gasteiger partial charge in [-0.3, -0.25) is 9.48 Å². The van der Waals surface area contributed by atoms with Crippen LogP contribution < -0.4 is 5.32 Å². The smallest absolute Gasteiger partial charge is 0.338 e. The van der Waals surface area contributed by atoms with Crippen molar-refractivity contribution in [3.63, 3.8) is 0 Å². The van der Waals surface area contributed by atoms with Crippen molar-refractivity contribution in [2.75, 3.05) is 12.4 Å². The van der Waals surface area contributed by atoms with Gasteiger partial charge >= 0.3 is 5.97 Å². The summed E-state index contributed by atoms with van der Waals surface area (Å²) >= 11 is 0. The molecule has 2 aromatic carbocycles. The Morgan fingerprint density at radius 2 is 1.77 bits per heavy atom. The number of rotatable bonds is 5. The molecule has 0 aliphatic heterocycles. The van der Waals surface area contributed by atoms with E-state index < -0.39 is 11.5 Å². The number of anilines is 1. The van der Waals surface area contributed by atoms with Crippen molar-refractivity contribution >= 4 is 17.6 Å². The average Bonchev–Trinajstić information content (AvgIpc) is 3.19. The van der Waals surface area contributed by atoms with Crippen molar-refractivity contribution < 1.29 is 18.7 Å². The Morgan fingerprint density at radius 1 is 1.10 bits per heavy atom. The van der Waals surface area contributed by atoms with Crippen molar-refractivity contribution in [3.05, 3.63) is 71.2 Å². The number of aromatic nitrogens is 2. The topological polar surface area (TPSA) is 73.2 Å². The fraction of sp³-hybridized carbons (Fsp3) is 0.292. The van der Waals surface area contributed by atoms with Crippen LogP contribution in [0.3, 0.4) is 0 Å². The molecule has 1 aromatic heterocycles. The molecule has 1 heterocycles. The third-order valence-corrected chi connectivity index (χ3v) is 4.92. The van der Waals surface area contributed by atoms with E-state index in [-0.39, 0.29) is 11.7 Å². The third kappa shape index (κ3) is 4.66. The van der Waals surface area contributed by atoms with Crippen LogP contribution in [0.25, 0.3) is 11.3 Å². The first-order valence-electron chi connectivity index (χ1n) is 10.0. The van der Waals surface area contributed by atoms with Crippen molar-refractivity contribution in [1.29, 1.82) is 0 Å². The molecule has 0 bridgehead atoms. The number of hydrogen-bond donors (Lipinski definition) is 1. The van der Waals surface area contributed by atoms with Gasteiger partial charge in [-0.25, -0.2) is 9.18 Å². The molecule has 162 valence electrons. The second-order valence-corrected chi connectivity index (χ2v) is 8.17. The molecule has 0 aliphatic carbocycles. The van der Waals surface area contributed by atoms with Crippen LogP contribution in [0.1, 0.15) is 54.0 Å². The largest absolute Gasteiger partial charge is 0.465 e. The number of benzene rings is 2. The minimum absolute atomic E-state index is 0.348. The number of nitrogens with one attached hydrogen (secondary N) is 1. The molecule has 0 saturated heterocycles. The maximum atomic E-state index is 13.5. The molecule has 0 spiro atoms. The summed E-state index contributed by atoms with van der Waals surface area (Å²) in [6.45, 7) is 7.86. The van der Waals surface area contributed by atoms with E-state index in [1.165, 1.54) is 25.4 Å². The highest BCUT2D eigenvalue weighted by Gasteiger charge is 2.25. The summed E-state index contributed by atoms with van der Waals surface area (Å²) in [5.74, 6) is -1.20. The Balaban J connectivity index is 2.02. The average molecular weight is 423 g/mol. The molecule has 7 heteroatoms. The van der Waals surface area contributed by atoms with E-state index in [0.29, 0.717) is 34.5 Å². The number of methoxy groups -OCH3 is 1. The molecule has 3 rings (SSSR count). The minimum Gasteiger partial charge on any atom is -0.465 e. The van der Waals surface area contributed by atoms with E-state index in [1.807, 2.05) is 27.7 Å². The van der Waals surface area contributed by atoms with Crippen LogP contribution in [-0.4, -0.2) is 28.8 Å². The molecule has 1 N–H and O–H groups in total. The standard InChI is InChI=1S/C24H26FN3O3/c1-6-15-9-12-18(13-19(15)23(30)31-5)27-22(29)20-14-26-28(24(2,3)4)21(20)16-7-10-17(25)11-8-16/h7-14H,6H2,1-5H3,(H,27,29). The summed E-state index contributed by atoms with van der Waals surface area (Å²) in [6, 6.07) is 11.1. The number of nitrogens with zero attached hydrogens (tertiary/aromatic N) is 2. The summed E-state index contributed by atoms with van der Waals surface area (Å²) in [4.78, 5) is 25.3. The third-order valence-electron chi connectivity index (χ3n) is 4.92. The van der Waals surface area contributed by atoms with Crippen LogP contribution in [0.4, 0.5) is 10.1 Å². The molecule has 0 saturated carbocycles. The van der Waals surface area contributed by atoms with Crippen LogP contribution in [-0.2, 0) is 16.7 Å². The molecule has 31 heavy (non-hydrogen) atoms. The van der Waals surface area contributed by atoms with E-state index in [1.54, 1.807) is 35.0 Å². The Morgan fingerprint density at radius 3 is 2.35 bits per heavy atom. The Kier molecular flexibility index (Phi) is 6.24. The predicted octanol–water partition coefficient (Wildman–Crippen LogP) is 5.05. The van der Waals surface area contributed by atoms with E-state index in [9.17, 15) is 14.0 Å². The Labute approximate surface area is 181 Å². The van der Waals surface area contributed by atoms with Crippen LogP contribution in [0.5, 0.6) is 0 Å². The number of amides is 1. The molecular formula is C24H26FN3O3. The van der Waals surface area contributed by atoms with Gasteiger partial charge in [0.1, 0.15) is 5.82 Å². The molecule has 0 aliphatic rings. The van der Waals surface area contributed by atoms with Crippen molar-refractivity contribution in [2.24, 2.45) is 0 Å². The number of carbonyl (C=O) groups is 2. The van der Waals surface area contributed by atoms with Gasteiger partial charge in [0.15, 0.2) is 0 Å². The Bertz CT molecular complexity index is 1110. The van der Waals surface area contributed by atoms with Crippen LogP contribution in [0, 0.1) is 5.82 Å². The van der Waals surface area contributed by atoms with Gasteiger partial charge in [0, 0.05) is 11.3 Å². The van der Waals surface area contributed by atoms with Crippen molar-refractivity contribution in [2.45, 2.75) is 39.7 Å². The molecule has 0 radical (unpaired) electrons. The van der Waals surface area contributed by atoms with Crippen LogP contribution in [0.15, 0.2) is 48.7 Å². The van der Waals surface area contributed by atoms with Gasteiger partial charge in [-0.15, -0.1) is 0 Å². The van der Waals surface area contributed by atoms with Crippen LogP contribution >= 0.6 is 0 Å². The number of aryl methyl sites for hydroxylation is 1. The first kappa shape index (κ1) is 22.2. The lowest BCUT2D eigenvalue weighted by Crippen LogP contribution is -2.24. The second-order valence-electron chi connectivity index (χ2n) is 8.17. The second kappa shape index (κ2) is 8.71. The number of hydrogen-bond acceptors (Lipinski definition) is 4. The van der Waals surface area contributed by atoms with Crippen molar-refractivity contribution in [3.8, 4) is 11.3 Å². The zero-order chi connectivity index (χ0) is 22.8. The lowest BCUT2D eigenvalue weighted by atomic mass is 10.0. The quantitative estimate of drug-likeness (QED) is 0.583. The fourth-order valence-corrected chi connectivity index (χ4v) is 3.37. The summed E-state index contributed by atoms with van der Waals surface area (Å²) < 4.78 is 20.1. The monoisotopic (exact) mass is 423 g/mol. The van der Waals surface area contributed by atoms with Gasteiger partial charge in [-0.2, -0.15) is 5.10 Å². The predicted molar refractivity (Wildman–Crippen MR) is 118 cm³/mol. The molecule has 1 amide bonds. The molecular weight excluding hydrogens is 397 g/mol. The lowest BCUT2D eigenvalue weighted by Gasteiger charge is -2.23. The normalized spacial score (nSPS) is 11.3. The Hall–Kier alpha value is -3.48. The molecule has 0 atom stereocenters. The summed E-state index contributed by atoms with van der Waals surface area (Å²) in [5, 5.41) is 7.26. The summed E-state index contributed by atoms with van der Waals surface area (Å²) in [5.41, 5.74) is 2.92. The first-order valence-corrected chi connectivity index (χ1v) is 10.0. The van der Waals surface area contributed by atoms with E-state index in [2.05, 4.69) is 10.4 Å². The molecule has 0 fully saturated rings. The highest BCUT2D eigenvalue weighted by atomic mass is 19.1. The highest BCUT2D eigenvalue weighted by molar-refractivity contribution is 6.08. The summed E-state index contributed by atoms with van der Waals surface area (Å²) in [6.07, 6.45) is 2.16. The van der Waals surface area contributed by atoms with E-state index in [0.717, 1.165) is 5.56 Å². The van der Waals surface area contributed by atoms with Gasteiger partial charge in [-0.05, 0) is 69.2 Å². The van der Waals surface area contributed by atoms with Gasteiger partial charge in [0.05, 0.1) is 35.7 Å². The van der Waals surface area contributed by atoms with Crippen LogP contribution in [0.2, 0.25) is 0 Å². The summed E-state index contributed by atoms with van der Waals surface area (Å²) in [7, 11) is 1.32. The van der Waals surface area contributed by atoms with Gasteiger partial charge in [0.25, 0.3) is 5.91 Å². The fourth-order valence-electron chi connectivity index (χ4n) is 3.37. The maximum Gasteiger partial charge on any atom is 0.338 e. The number of esters is 1. The SMILES string of the molecule is CCc1ccc(NC(=O)c2cnn(C(C)(C)C)c2-c2ccc(F)cc2)cc1C(=O)OC. The lowest BCUT2D eigenvalue weighted by molar-refractivity contribution is 0.0599. The van der Waals surface area contributed by atoms with Crippen molar-refractivity contribution in [1.82, 2.24) is 9.78 Å². The van der Waals surface area contributed by atoms with Gasteiger partial charge in [-0.1, -0.05) is 13.0 Å². The first-order chi connectivity index (χ1) is 14.7. The van der Waals surface area contributed by atoms with E-state index in [4.69, 9.17) is 4.74 Å². The molecule has 0 unspecified atom stereocenters.